The second kappa shape index (κ2) is 5.55. The predicted octanol–water partition coefficient (Wildman–Crippen LogP) is 2.15. The smallest absolute Gasteiger partial charge is 0.338 e. The van der Waals surface area contributed by atoms with Gasteiger partial charge in [-0.15, -0.1) is 0 Å². The molecule has 116 valence electrons. The van der Waals surface area contributed by atoms with E-state index < -0.39 is 12.3 Å². The summed E-state index contributed by atoms with van der Waals surface area (Å²) in [6.07, 6.45) is -0.575. The zero-order valence-electron chi connectivity index (χ0n) is 12.4. The number of carboxylic acids is 1. The summed E-state index contributed by atoms with van der Waals surface area (Å²) in [5.74, 6) is -1.05. The van der Waals surface area contributed by atoms with Crippen LogP contribution in [0.5, 0.6) is 0 Å². The first kappa shape index (κ1) is 14.7. The van der Waals surface area contributed by atoms with E-state index in [0.717, 1.165) is 5.52 Å². The molecule has 2 heterocycles. The maximum atomic E-state index is 11.6. The first-order valence-electron chi connectivity index (χ1n) is 7.08. The van der Waals surface area contributed by atoms with Gasteiger partial charge in [0.25, 0.3) is 0 Å². The van der Waals surface area contributed by atoms with E-state index in [1.54, 1.807) is 13.0 Å². The van der Waals surface area contributed by atoms with E-state index in [0.29, 0.717) is 11.1 Å². The largest absolute Gasteiger partial charge is 0.478 e. The number of carboxylic acid groups (broad SMARTS) is 1. The van der Waals surface area contributed by atoms with Crippen LogP contribution in [-0.2, 0) is 14.3 Å². The van der Waals surface area contributed by atoms with E-state index in [4.69, 9.17) is 9.47 Å². The van der Waals surface area contributed by atoms with Crippen LogP contribution in [0.3, 0.4) is 0 Å². The molecule has 1 atom stereocenters. The third kappa shape index (κ3) is 2.30. The second-order valence-corrected chi connectivity index (χ2v) is 5.42. The minimum atomic E-state index is -0.958. The van der Waals surface area contributed by atoms with Crippen molar-refractivity contribution in [1.82, 2.24) is 4.57 Å². The van der Waals surface area contributed by atoms with E-state index in [-0.39, 0.29) is 30.6 Å². The number of carbonyl (C=O) groups is 2. The quantitative estimate of drug-likeness (QED) is 0.940. The number of benzene rings is 1. The summed E-state index contributed by atoms with van der Waals surface area (Å²) >= 11 is 0. The fraction of sp³-hybridized carbons (Fsp3) is 0.375. The van der Waals surface area contributed by atoms with E-state index in [1.807, 2.05) is 29.7 Å². The van der Waals surface area contributed by atoms with Gasteiger partial charge in [0.1, 0.15) is 13.2 Å². The second-order valence-electron chi connectivity index (χ2n) is 5.42. The molecule has 22 heavy (non-hydrogen) atoms. The van der Waals surface area contributed by atoms with Gasteiger partial charge in [0, 0.05) is 16.6 Å². The molecule has 1 fully saturated rings. The molecule has 0 amide bonds. The SMILES string of the molecule is Cc1c(C(=O)O)c2ccccc2n1C(C)C1OCC(=O)CO1. The minimum Gasteiger partial charge on any atom is -0.478 e. The maximum absolute atomic E-state index is 11.6. The van der Waals surface area contributed by atoms with Gasteiger partial charge < -0.3 is 19.1 Å². The lowest BCUT2D eigenvalue weighted by molar-refractivity contribution is -0.198. The lowest BCUT2D eigenvalue weighted by Crippen LogP contribution is -2.37. The number of ether oxygens (including phenoxy) is 2. The fourth-order valence-corrected chi connectivity index (χ4v) is 3.03. The molecule has 0 spiro atoms. The monoisotopic (exact) mass is 303 g/mol. The lowest BCUT2D eigenvalue weighted by atomic mass is 10.1. The Bertz CT molecular complexity index is 738. The average Bonchev–Trinajstić information content (AvgIpc) is 2.79. The lowest BCUT2D eigenvalue weighted by Gasteiger charge is -2.29. The van der Waals surface area contributed by atoms with Crippen molar-refractivity contribution >= 4 is 22.7 Å². The molecule has 2 aromatic rings. The molecule has 0 radical (unpaired) electrons. The molecule has 1 aromatic heterocycles. The van der Waals surface area contributed by atoms with Gasteiger partial charge in [-0.3, -0.25) is 4.79 Å². The molecule has 1 aromatic carbocycles. The van der Waals surface area contributed by atoms with Crippen molar-refractivity contribution < 1.29 is 24.2 Å². The number of aromatic nitrogens is 1. The van der Waals surface area contributed by atoms with Crippen LogP contribution in [0.2, 0.25) is 0 Å². The van der Waals surface area contributed by atoms with E-state index in [1.165, 1.54) is 0 Å². The van der Waals surface area contributed by atoms with Crippen molar-refractivity contribution in [3.63, 3.8) is 0 Å². The molecule has 1 unspecified atom stereocenters. The third-order valence-corrected chi connectivity index (χ3v) is 3.99. The Morgan fingerprint density at radius 3 is 2.59 bits per heavy atom. The fourth-order valence-electron chi connectivity index (χ4n) is 3.03. The Kier molecular flexibility index (Phi) is 3.72. The highest BCUT2D eigenvalue weighted by atomic mass is 16.7. The average molecular weight is 303 g/mol. The molecular weight excluding hydrogens is 286 g/mol. The summed E-state index contributed by atoms with van der Waals surface area (Å²) in [4.78, 5) is 22.8. The number of hydrogen-bond acceptors (Lipinski definition) is 4. The number of rotatable bonds is 3. The topological polar surface area (TPSA) is 77.8 Å². The molecular formula is C16H17NO5. The van der Waals surface area contributed by atoms with Gasteiger partial charge in [-0.05, 0) is 19.9 Å². The van der Waals surface area contributed by atoms with Gasteiger partial charge in [-0.1, -0.05) is 18.2 Å². The number of aromatic carboxylic acids is 1. The van der Waals surface area contributed by atoms with Crippen molar-refractivity contribution in [3.05, 3.63) is 35.5 Å². The molecule has 3 rings (SSSR count). The van der Waals surface area contributed by atoms with Gasteiger partial charge >= 0.3 is 5.97 Å². The molecule has 1 saturated heterocycles. The van der Waals surface area contributed by atoms with Gasteiger partial charge in [0.15, 0.2) is 12.1 Å². The third-order valence-electron chi connectivity index (χ3n) is 3.99. The molecule has 0 aliphatic carbocycles. The number of nitrogens with zero attached hydrogens (tertiary/aromatic N) is 1. The van der Waals surface area contributed by atoms with Gasteiger partial charge in [-0.25, -0.2) is 4.79 Å². The standard InChI is InChI=1S/C16H17NO5/c1-9-14(15(19)20)12-5-3-4-6-13(12)17(9)10(2)16-21-7-11(18)8-22-16/h3-6,10,16H,7-8H2,1-2H3,(H,19,20). The van der Waals surface area contributed by atoms with Gasteiger partial charge in [0.2, 0.25) is 0 Å². The maximum Gasteiger partial charge on any atom is 0.338 e. The highest BCUT2D eigenvalue weighted by Crippen LogP contribution is 2.31. The summed E-state index contributed by atoms with van der Waals surface area (Å²) in [6, 6.07) is 7.10. The van der Waals surface area contributed by atoms with Gasteiger partial charge in [0.05, 0.1) is 11.6 Å². The number of hydrogen-bond donors (Lipinski definition) is 1. The predicted molar refractivity (Wildman–Crippen MR) is 79.0 cm³/mol. The number of para-hydroxylation sites is 1. The normalized spacial score (nSPS) is 17.8. The highest BCUT2D eigenvalue weighted by Gasteiger charge is 2.30. The van der Waals surface area contributed by atoms with Crippen molar-refractivity contribution in [2.24, 2.45) is 0 Å². The Morgan fingerprint density at radius 2 is 1.95 bits per heavy atom. The summed E-state index contributed by atoms with van der Waals surface area (Å²) in [6.45, 7) is 3.72. The number of fused-ring (bicyclic) bond motifs is 1. The zero-order valence-corrected chi connectivity index (χ0v) is 12.4. The van der Waals surface area contributed by atoms with Crippen molar-refractivity contribution in [3.8, 4) is 0 Å². The minimum absolute atomic E-state index is 0.0268. The summed E-state index contributed by atoms with van der Waals surface area (Å²) in [5.41, 5.74) is 1.74. The summed E-state index contributed by atoms with van der Waals surface area (Å²) in [7, 11) is 0. The first-order chi connectivity index (χ1) is 10.5. The molecule has 1 N–H and O–H groups in total. The van der Waals surface area contributed by atoms with Crippen molar-refractivity contribution in [2.75, 3.05) is 13.2 Å². The van der Waals surface area contributed by atoms with E-state index in [2.05, 4.69) is 0 Å². The molecule has 1 aliphatic rings. The Balaban J connectivity index is 2.08. The molecule has 0 saturated carbocycles. The van der Waals surface area contributed by atoms with Crippen LogP contribution in [0.4, 0.5) is 0 Å². The number of Topliss-reactive ketones (excluding diaryl/α,β-unsaturated/α-hetero) is 1. The van der Waals surface area contributed by atoms with Crippen LogP contribution >= 0.6 is 0 Å². The molecule has 6 nitrogen and oxygen atoms in total. The van der Waals surface area contributed by atoms with Gasteiger partial charge in [-0.2, -0.15) is 0 Å². The molecule has 6 heteroatoms. The summed E-state index contributed by atoms with van der Waals surface area (Å²) < 4.78 is 12.8. The van der Waals surface area contributed by atoms with E-state index in [9.17, 15) is 14.7 Å². The van der Waals surface area contributed by atoms with Crippen molar-refractivity contribution in [1.29, 1.82) is 0 Å². The van der Waals surface area contributed by atoms with Crippen LogP contribution in [0, 0.1) is 6.92 Å². The van der Waals surface area contributed by atoms with Crippen LogP contribution < -0.4 is 0 Å². The van der Waals surface area contributed by atoms with Crippen LogP contribution in [0.15, 0.2) is 24.3 Å². The first-order valence-corrected chi connectivity index (χ1v) is 7.08. The zero-order chi connectivity index (χ0) is 15.9. The molecule has 0 bridgehead atoms. The van der Waals surface area contributed by atoms with Crippen LogP contribution in [0.1, 0.15) is 29.0 Å². The number of carbonyl (C=O) groups excluding carboxylic acids is 1. The highest BCUT2D eigenvalue weighted by molar-refractivity contribution is 6.05. The Labute approximate surface area is 127 Å². The van der Waals surface area contributed by atoms with Crippen LogP contribution in [-0.4, -0.2) is 40.9 Å². The molecule has 1 aliphatic heterocycles. The Morgan fingerprint density at radius 1 is 1.32 bits per heavy atom. The van der Waals surface area contributed by atoms with Crippen LogP contribution in [0.25, 0.3) is 10.9 Å². The number of ketones is 1. The summed E-state index contributed by atoms with van der Waals surface area (Å²) in [5, 5.41) is 10.2. The Hall–Kier alpha value is -2.18. The van der Waals surface area contributed by atoms with E-state index >= 15 is 0 Å². The van der Waals surface area contributed by atoms with Crippen molar-refractivity contribution in [2.45, 2.75) is 26.2 Å².